The van der Waals surface area contributed by atoms with E-state index in [9.17, 15) is 9.90 Å². The Morgan fingerprint density at radius 1 is 1.47 bits per heavy atom. The molecule has 1 aromatic rings. The van der Waals surface area contributed by atoms with Gasteiger partial charge in [0.15, 0.2) is 0 Å². The first-order valence-corrected chi connectivity index (χ1v) is 4.98. The van der Waals surface area contributed by atoms with Crippen LogP contribution in [0.15, 0.2) is 24.3 Å². The molecule has 0 amide bonds. The molecule has 0 saturated carbocycles. The number of phenolic OH excluding ortho intramolecular Hbond substituents is 1. The zero-order chi connectivity index (χ0) is 10.8. The molecule has 1 aliphatic rings. The third-order valence-electron chi connectivity index (χ3n) is 2.33. The molecule has 0 saturated heterocycles. The summed E-state index contributed by atoms with van der Waals surface area (Å²) in [5, 5.41) is 9.52. The van der Waals surface area contributed by atoms with Crippen LogP contribution in [0.5, 0.6) is 5.75 Å². The molecule has 2 rings (SSSR count). The largest absolute Gasteiger partial charge is 0.507 e. The van der Waals surface area contributed by atoms with Gasteiger partial charge in [0.2, 0.25) is 0 Å². The van der Waals surface area contributed by atoms with E-state index in [0.717, 1.165) is 12.8 Å². The number of hydrogen-bond donors (Lipinski definition) is 1. The number of esters is 1. The van der Waals surface area contributed by atoms with Crippen LogP contribution < -0.4 is 0 Å². The minimum absolute atomic E-state index is 0.0163. The summed E-state index contributed by atoms with van der Waals surface area (Å²) in [6.07, 6.45) is 3.73. The first-order valence-electron chi connectivity index (χ1n) is 4.98. The molecule has 0 aliphatic carbocycles. The molecular formula is C12H12O3. The summed E-state index contributed by atoms with van der Waals surface area (Å²) in [4.78, 5) is 11.4. The standard InChI is InChI=1S/C12H12O3/c1-2-3-7-10-8-5-4-6-9(13)11(8)12(14)15-10/h4-7,13H,2-3H2,1H3/b10-7-. The second-order valence-electron chi connectivity index (χ2n) is 3.45. The van der Waals surface area contributed by atoms with Crippen LogP contribution in [0, 0.1) is 0 Å². The lowest BCUT2D eigenvalue weighted by molar-refractivity contribution is 0.0713. The highest BCUT2D eigenvalue weighted by Gasteiger charge is 2.28. The lowest BCUT2D eigenvalue weighted by Gasteiger charge is -1.97. The number of allylic oxidation sites excluding steroid dienone is 1. The van der Waals surface area contributed by atoms with Gasteiger partial charge in [-0.15, -0.1) is 0 Å². The maximum absolute atomic E-state index is 11.4. The topological polar surface area (TPSA) is 46.5 Å². The highest BCUT2D eigenvalue weighted by molar-refractivity contribution is 6.05. The molecule has 78 valence electrons. The molecule has 0 bridgehead atoms. The van der Waals surface area contributed by atoms with Crippen LogP contribution in [0.2, 0.25) is 0 Å². The van der Waals surface area contributed by atoms with E-state index in [1.54, 1.807) is 12.1 Å². The monoisotopic (exact) mass is 204 g/mol. The summed E-state index contributed by atoms with van der Waals surface area (Å²) in [6.45, 7) is 2.05. The van der Waals surface area contributed by atoms with Crippen molar-refractivity contribution in [1.29, 1.82) is 0 Å². The molecule has 0 radical (unpaired) electrons. The number of aromatic hydroxyl groups is 1. The quantitative estimate of drug-likeness (QED) is 0.753. The predicted molar refractivity (Wildman–Crippen MR) is 56.4 cm³/mol. The minimum atomic E-state index is -0.467. The number of rotatable bonds is 2. The molecule has 1 aliphatic heterocycles. The molecule has 0 aromatic heterocycles. The molecule has 0 atom stereocenters. The second kappa shape index (κ2) is 3.77. The maximum Gasteiger partial charge on any atom is 0.348 e. The molecular weight excluding hydrogens is 192 g/mol. The Labute approximate surface area is 88.0 Å². The van der Waals surface area contributed by atoms with Crippen molar-refractivity contribution in [1.82, 2.24) is 0 Å². The van der Waals surface area contributed by atoms with Crippen LogP contribution in [-0.4, -0.2) is 11.1 Å². The number of ether oxygens (including phenoxy) is 1. The Morgan fingerprint density at radius 2 is 2.27 bits per heavy atom. The van der Waals surface area contributed by atoms with E-state index in [1.165, 1.54) is 6.07 Å². The fourth-order valence-corrected chi connectivity index (χ4v) is 1.59. The lowest BCUT2D eigenvalue weighted by atomic mass is 10.1. The van der Waals surface area contributed by atoms with Crippen molar-refractivity contribution in [2.75, 3.05) is 0 Å². The Bertz CT molecular complexity index is 432. The van der Waals surface area contributed by atoms with Gasteiger partial charge in [-0.3, -0.25) is 0 Å². The van der Waals surface area contributed by atoms with Gasteiger partial charge in [-0.1, -0.05) is 25.5 Å². The van der Waals surface area contributed by atoms with Crippen molar-refractivity contribution in [2.45, 2.75) is 19.8 Å². The number of benzene rings is 1. The van der Waals surface area contributed by atoms with Crippen LogP contribution in [0.3, 0.4) is 0 Å². The van der Waals surface area contributed by atoms with E-state index < -0.39 is 5.97 Å². The third kappa shape index (κ3) is 1.61. The van der Waals surface area contributed by atoms with E-state index in [1.807, 2.05) is 6.08 Å². The van der Waals surface area contributed by atoms with Crippen molar-refractivity contribution in [3.63, 3.8) is 0 Å². The smallest absolute Gasteiger partial charge is 0.348 e. The van der Waals surface area contributed by atoms with Gasteiger partial charge >= 0.3 is 5.97 Å². The van der Waals surface area contributed by atoms with Gasteiger partial charge in [0.1, 0.15) is 17.1 Å². The minimum Gasteiger partial charge on any atom is -0.507 e. The van der Waals surface area contributed by atoms with Gasteiger partial charge in [-0.05, 0) is 18.6 Å². The number of phenols is 1. The van der Waals surface area contributed by atoms with Gasteiger partial charge < -0.3 is 9.84 Å². The van der Waals surface area contributed by atoms with Gasteiger partial charge in [0, 0.05) is 5.56 Å². The fourth-order valence-electron chi connectivity index (χ4n) is 1.59. The van der Waals surface area contributed by atoms with Crippen LogP contribution in [0.25, 0.3) is 5.76 Å². The Balaban J connectivity index is 2.47. The van der Waals surface area contributed by atoms with Gasteiger partial charge in [-0.25, -0.2) is 4.79 Å². The zero-order valence-corrected chi connectivity index (χ0v) is 8.49. The Hall–Kier alpha value is -1.77. The van der Waals surface area contributed by atoms with Crippen molar-refractivity contribution in [3.05, 3.63) is 35.4 Å². The Morgan fingerprint density at radius 3 is 3.00 bits per heavy atom. The van der Waals surface area contributed by atoms with E-state index in [0.29, 0.717) is 11.3 Å². The molecule has 1 N–H and O–H groups in total. The number of unbranched alkanes of at least 4 members (excludes halogenated alkanes) is 1. The molecule has 0 spiro atoms. The molecule has 3 nitrogen and oxygen atoms in total. The lowest BCUT2D eigenvalue weighted by Crippen LogP contribution is -1.93. The summed E-state index contributed by atoms with van der Waals surface area (Å²) in [6, 6.07) is 4.97. The number of cyclic esters (lactones) is 1. The molecule has 15 heavy (non-hydrogen) atoms. The first-order chi connectivity index (χ1) is 7.24. The SMILES string of the molecule is CCC/C=C1\OC(=O)c2c(O)cccc21. The first kappa shape index (κ1) is 9.77. The van der Waals surface area contributed by atoms with Gasteiger partial charge in [-0.2, -0.15) is 0 Å². The summed E-state index contributed by atoms with van der Waals surface area (Å²) in [5.41, 5.74) is 0.966. The molecule has 0 unspecified atom stereocenters. The van der Waals surface area contributed by atoms with E-state index in [2.05, 4.69) is 6.92 Å². The highest BCUT2D eigenvalue weighted by atomic mass is 16.5. The van der Waals surface area contributed by atoms with Crippen LogP contribution in [0.1, 0.15) is 35.7 Å². The third-order valence-corrected chi connectivity index (χ3v) is 2.33. The number of hydrogen-bond acceptors (Lipinski definition) is 3. The van der Waals surface area contributed by atoms with Crippen LogP contribution >= 0.6 is 0 Å². The highest BCUT2D eigenvalue weighted by Crippen LogP contribution is 2.35. The van der Waals surface area contributed by atoms with Gasteiger partial charge in [0.05, 0.1) is 0 Å². The second-order valence-corrected chi connectivity index (χ2v) is 3.45. The maximum atomic E-state index is 11.4. The summed E-state index contributed by atoms with van der Waals surface area (Å²) >= 11 is 0. The zero-order valence-electron chi connectivity index (χ0n) is 8.49. The van der Waals surface area contributed by atoms with Crippen molar-refractivity contribution in [3.8, 4) is 5.75 Å². The summed E-state index contributed by atoms with van der Waals surface area (Å²) in [7, 11) is 0. The van der Waals surface area contributed by atoms with Crippen molar-refractivity contribution >= 4 is 11.7 Å². The predicted octanol–water partition coefficient (Wildman–Crippen LogP) is 2.70. The van der Waals surface area contributed by atoms with Crippen LogP contribution in [-0.2, 0) is 4.74 Å². The average Bonchev–Trinajstić information content (AvgIpc) is 2.54. The average molecular weight is 204 g/mol. The van der Waals surface area contributed by atoms with Gasteiger partial charge in [0.25, 0.3) is 0 Å². The van der Waals surface area contributed by atoms with Crippen LogP contribution in [0.4, 0.5) is 0 Å². The van der Waals surface area contributed by atoms with Crippen molar-refractivity contribution < 1.29 is 14.6 Å². The fraction of sp³-hybridized carbons (Fsp3) is 0.250. The normalized spacial score (nSPS) is 16.6. The molecule has 1 heterocycles. The summed E-state index contributed by atoms with van der Waals surface area (Å²) < 4.78 is 5.08. The molecule has 3 heteroatoms. The van der Waals surface area contributed by atoms with E-state index >= 15 is 0 Å². The van der Waals surface area contributed by atoms with Crippen molar-refractivity contribution in [2.24, 2.45) is 0 Å². The number of carbonyl (C=O) groups excluding carboxylic acids is 1. The van der Waals surface area contributed by atoms with E-state index in [-0.39, 0.29) is 11.3 Å². The number of fused-ring (bicyclic) bond motifs is 1. The summed E-state index contributed by atoms with van der Waals surface area (Å²) in [5.74, 6) is 0.0793. The number of carbonyl (C=O) groups is 1. The molecule has 0 fully saturated rings. The van der Waals surface area contributed by atoms with E-state index in [4.69, 9.17) is 4.74 Å². The molecule has 1 aromatic carbocycles. The Kier molecular flexibility index (Phi) is 2.46.